The number of carbonyl (C=O) groups is 2. The summed E-state index contributed by atoms with van der Waals surface area (Å²) in [7, 11) is 1.24. The van der Waals surface area contributed by atoms with Crippen LogP contribution in [0, 0.1) is 0 Å². The predicted octanol–water partition coefficient (Wildman–Crippen LogP) is 2.69. The lowest BCUT2D eigenvalue weighted by molar-refractivity contribution is 0.0905. The number of aromatic nitrogens is 2. The van der Waals surface area contributed by atoms with E-state index in [0.29, 0.717) is 5.69 Å². The highest BCUT2D eigenvalue weighted by molar-refractivity contribution is 6.27. The van der Waals surface area contributed by atoms with Crippen LogP contribution in [0.15, 0.2) is 53.2 Å². The fourth-order valence-electron chi connectivity index (χ4n) is 2.35. The lowest BCUT2D eigenvalue weighted by atomic mass is 9.89. The largest absolute Gasteiger partial charge is 0.492 e. The van der Waals surface area contributed by atoms with Gasteiger partial charge in [0.2, 0.25) is 11.6 Å². The molecule has 0 bridgehead atoms. The number of carbonyl (C=O) groups excluding carboxylic acids is 2. The Kier molecular flexibility index (Phi) is 3.58. The summed E-state index contributed by atoms with van der Waals surface area (Å²) in [5.74, 6) is -1.44. The Labute approximate surface area is 130 Å². The van der Waals surface area contributed by atoms with Gasteiger partial charge >= 0.3 is 0 Å². The van der Waals surface area contributed by atoms with Gasteiger partial charge in [0, 0.05) is 22.9 Å². The number of Topliss-reactive ketones (excluding diaryl/α,β-unsaturated/α-hetero) is 2. The molecule has 2 heterocycles. The molecule has 2 aromatic heterocycles. The van der Waals surface area contributed by atoms with Crippen molar-refractivity contribution in [2.45, 2.75) is 0 Å². The average molecular weight is 307 g/mol. The summed E-state index contributed by atoms with van der Waals surface area (Å²) in [6.07, 6.45) is 2.97. The van der Waals surface area contributed by atoms with Crippen molar-refractivity contribution in [3.05, 3.63) is 69.7 Å². The van der Waals surface area contributed by atoms with E-state index in [4.69, 9.17) is 10.3 Å². The smallest absolute Gasteiger partial charge is 0.229 e. The van der Waals surface area contributed by atoms with E-state index in [2.05, 4.69) is 20.0 Å². The van der Waals surface area contributed by atoms with E-state index in [1.54, 1.807) is 24.4 Å². The minimum absolute atomic E-state index is 0.0550. The molecule has 0 atom stereocenters. The van der Waals surface area contributed by atoms with Crippen LogP contribution in [0.3, 0.4) is 0 Å². The van der Waals surface area contributed by atoms with Crippen LogP contribution in [-0.2, 0) is 4.74 Å². The molecule has 8 nitrogen and oxygen atoms in total. The predicted molar refractivity (Wildman–Crippen MR) is 79.3 cm³/mol. The highest BCUT2D eigenvalue weighted by Crippen LogP contribution is 2.32. The van der Waals surface area contributed by atoms with Gasteiger partial charge in [0.05, 0.1) is 18.4 Å². The van der Waals surface area contributed by atoms with Crippen LogP contribution in [-0.4, -0.2) is 28.6 Å². The second-order valence-corrected chi connectivity index (χ2v) is 4.53. The Balaban J connectivity index is 2.31. The molecule has 1 aliphatic rings. The van der Waals surface area contributed by atoms with Crippen molar-refractivity contribution in [3.8, 4) is 11.4 Å². The summed E-state index contributed by atoms with van der Waals surface area (Å²) in [5.41, 5.74) is 9.15. The zero-order valence-corrected chi connectivity index (χ0v) is 11.9. The molecular formula is C15H9N5O3. The number of ether oxygens (including phenoxy) is 1. The molecule has 8 heteroatoms. The van der Waals surface area contributed by atoms with E-state index in [9.17, 15) is 9.59 Å². The molecule has 23 heavy (non-hydrogen) atoms. The highest BCUT2D eigenvalue weighted by atomic mass is 16.5. The number of hydrogen-bond donors (Lipinski definition) is 0. The molecule has 0 saturated carbocycles. The SMILES string of the molecule is COC1=C(N=[N+]=[N-])C(=O)c2c(ccnc2-c2ccccn2)C1=O. The Bertz CT molecular complexity index is 899. The van der Waals surface area contributed by atoms with Crippen LogP contribution in [0.1, 0.15) is 20.7 Å². The fraction of sp³-hybridized carbons (Fsp3) is 0.0667. The van der Waals surface area contributed by atoms with Crippen molar-refractivity contribution in [1.82, 2.24) is 9.97 Å². The van der Waals surface area contributed by atoms with Crippen LogP contribution in [0.5, 0.6) is 0 Å². The van der Waals surface area contributed by atoms with Gasteiger partial charge in [0.15, 0.2) is 5.76 Å². The second-order valence-electron chi connectivity index (χ2n) is 4.53. The number of azide groups is 1. The minimum Gasteiger partial charge on any atom is -0.492 e. The summed E-state index contributed by atoms with van der Waals surface area (Å²) in [6.45, 7) is 0. The Morgan fingerprint density at radius 2 is 1.96 bits per heavy atom. The molecule has 0 aromatic carbocycles. The first-order chi connectivity index (χ1) is 11.2. The summed E-state index contributed by atoms with van der Waals surface area (Å²) in [4.78, 5) is 36.1. The Morgan fingerprint density at radius 1 is 1.13 bits per heavy atom. The number of fused-ring (bicyclic) bond motifs is 1. The highest BCUT2D eigenvalue weighted by Gasteiger charge is 2.35. The Hall–Kier alpha value is -3.51. The first kappa shape index (κ1) is 14.4. The molecule has 0 fully saturated rings. The molecule has 0 amide bonds. The molecule has 0 aliphatic heterocycles. The quantitative estimate of drug-likeness (QED) is 0.490. The number of methoxy groups -OCH3 is 1. The molecule has 0 spiro atoms. The van der Waals surface area contributed by atoms with Crippen molar-refractivity contribution in [3.63, 3.8) is 0 Å². The van der Waals surface area contributed by atoms with Crippen LogP contribution in [0.25, 0.3) is 21.8 Å². The third kappa shape index (κ3) is 2.23. The second kappa shape index (κ2) is 5.70. The minimum atomic E-state index is -0.622. The maximum absolute atomic E-state index is 12.7. The number of pyridine rings is 2. The molecule has 1 aliphatic carbocycles. The third-order valence-corrected chi connectivity index (χ3v) is 3.32. The van der Waals surface area contributed by atoms with Crippen molar-refractivity contribution < 1.29 is 14.3 Å². The van der Waals surface area contributed by atoms with Gasteiger partial charge in [-0.25, -0.2) is 0 Å². The summed E-state index contributed by atoms with van der Waals surface area (Å²) in [5, 5.41) is 3.32. The van der Waals surface area contributed by atoms with E-state index >= 15 is 0 Å². The number of ketones is 2. The monoisotopic (exact) mass is 307 g/mol. The van der Waals surface area contributed by atoms with Crippen molar-refractivity contribution in [2.24, 2.45) is 5.11 Å². The van der Waals surface area contributed by atoms with Gasteiger partial charge in [-0.15, -0.1) is 0 Å². The molecule has 0 unspecified atom stereocenters. The standard InChI is InChI=1S/C15H9N5O3/c1-23-15-12(19-20-16)14(22)10-8(13(15)21)5-7-18-11(10)9-4-2-3-6-17-9/h2-7H,1H3. The first-order valence-corrected chi connectivity index (χ1v) is 6.52. The molecule has 0 saturated heterocycles. The first-order valence-electron chi connectivity index (χ1n) is 6.52. The summed E-state index contributed by atoms with van der Waals surface area (Å²) >= 11 is 0. The van der Waals surface area contributed by atoms with Crippen molar-refractivity contribution >= 4 is 11.6 Å². The third-order valence-electron chi connectivity index (χ3n) is 3.32. The number of hydrogen-bond acceptors (Lipinski definition) is 6. The van der Waals surface area contributed by atoms with Crippen LogP contribution in [0.2, 0.25) is 0 Å². The lowest BCUT2D eigenvalue weighted by Gasteiger charge is -2.19. The van der Waals surface area contributed by atoms with Gasteiger partial charge in [-0.05, 0) is 23.7 Å². The van der Waals surface area contributed by atoms with E-state index < -0.39 is 11.6 Å². The fourth-order valence-corrected chi connectivity index (χ4v) is 2.35. The molecular weight excluding hydrogens is 298 g/mol. The van der Waals surface area contributed by atoms with E-state index in [1.807, 2.05) is 0 Å². The van der Waals surface area contributed by atoms with Crippen molar-refractivity contribution in [1.29, 1.82) is 0 Å². The topological polar surface area (TPSA) is 118 Å². The van der Waals surface area contributed by atoms with E-state index in [-0.39, 0.29) is 28.3 Å². The summed E-state index contributed by atoms with van der Waals surface area (Å²) < 4.78 is 4.95. The van der Waals surface area contributed by atoms with Crippen LogP contribution < -0.4 is 0 Å². The van der Waals surface area contributed by atoms with Crippen molar-refractivity contribution in [2.75, 3.05) is 7.11 Å². The number of allylic oxidation sites excluding steroid dienone is 2. The van der Waals surface area contributed by atoms with Gasteiger partial charge < -0.3 is 4.74 Å². The van der Waals surface area contributed by atoms with Gasteiger partial charge in [0.1, 0.15) is 11.4 Å². The number of nitrogens with zero attached hydrogens (tertiary/aromatic N) is 5. The molecule has 112 valence electrons. The number of rotatable bonds is 3. The van der Waals surface area contributed by atoms with Gasteiger partial charge in [-0.2, -0.15) is 0 Å². The molecule has 2 aromatic rings. The molecule has 3 rings (SSSR count). The normalized spacial score (nSPS) is 13.4. The Morgan fingerprint density at radius 3 is 2.61 bits per heavy atom. The van der Waals surface area contributed by atoms with Gasteiger partial charge in [-0.1, -0.05) is 11.2 Å². The van der Waals surface area contributed by atoms with Crippen LogP contribution in [0.4, 0.5) is 0 Å². The molecule has 0 radical (unpaired) electrons. The lowest BCUT2D eigenvalue weighted by Crippen LogP contribution is -2.23. The maximum atomic E-state index is 12.7. The summed E-state index contributed by atoms with van der Waals surface area (Å²) in [6, 6.07) is 6.56. The molecule has 0 N–H and O–H groups in total. The average Bonchev–Trinajstić information content (AvgIpc) is 2.60. The van der Waals surface area contributed by atoms with Gasteiger partial charge in [-0.3, -0.25) is 19.6 Å². The van der Waals surface area contributed by atoms with E-state index in [1.165, 1.54) is 19.4 Å². The zero-order chi connectivity index (χ0) is 16.4. The zero-order valence-electron chi connectivity index (χ0n) is 11.9. The van der Waals surface area contributed by atoms with Crippen LogP contribution >= 0.6 is 0 Å². The maximum Gasteiger partial charge on any atom is 0.229 e. The van der Waals surface area contributed by atoms with E-state index in [0.717, 1.165) is 0 Å². The van der Waals surface area contributed by atoms with Gasteiger partial charge in [0.25, 0.3) is 0 Å².